The summed E-state index contributed by atoms with van der Waals surface area (Å²) in [5.74, 6) is 1.44. The molecule has 1 aromatic heterocycles. The largest absolute Gasteiger partial charge is 0.399 e. The second-order valence-electron chi connectivity index (χ2n) is 4.50. The van der Waals surface area contributed by atoms with Gasteiger partial charge in [-0.1, -0.05) is 22.9 Å². The Morgan fingerprint density at radius 2 is 2.18 bits per heavy atom. The van der Waals surface area contributed by atoms with E-state index in [-0.39, 0.29) is 0 Å². The molecule has 1 saturated carbocycles. The second kappa shape index (κ2) is 3.80. The maximum absolute atomic E-state index is 5.83. The van der Waals surface area contributed by atoms with Crippen molar-refractivity contribution in [3.8, 4) is 11.4 Å². The smallest absolute Gasteiger partial charge is 0.182 e. The molecule has 0 radical (unpaired) electrons. The van der Waals surface area contributed by atoms with Crippen LogP contribution in [0.5, 0.6) is 0 Å². The average Bonchev–Trinajstić information content (AvgIpc) is 2.79. The summed E-state index contributed by atoms with van der Waals surface area (Å²) in [5, 5.41) is 11.9. The predicted molar refractivity (Wildman–Crippen MR) is 68.2 cm³/mol. The second-order valence-corrected chi connectivity index (χ2v) is 5.42. The van der Waals surface area contributed by atoms with Crippen LogP contribution in [-0.2, 0) is 0 Å². The van der Waals surface area contributed by atoms with Gasteiger partial charge in [0.1, 0.15) is 0 Å². The van der Waals surface area contributed by atoms with E-state index in [1.54, 1.807) is 0 Å². The molecule has 2 aromatic rings. The van der Waals surface area contributed by atoms with Gasteiger partial charge in [0.05, 0.1) is 6.04 Å². The molecule has 88 valence electrons. The van der Waals surface area contributed by atoms with Crippen molar-refractivity contribution in [2.24, 2.45) is 5.92 Å². The van der Waals surface area contributed by atoms with E-state index in [0.29, 0.717) is 17.6 Å². The van der Waals surface area contributed by atoms with E-state index in [0.717, 1.165) is 22.3 Å². The molecule has 1 aromatic carbocycles. The minimum atomic E-state index is 0.431. The fourth-order valence-corrected chi connectivity index (χ4v) is 2.50. The summed E-state index contributed by atoms with van der Waals surface area (Å²) in [4.78, 5) is 0. The van der Waals surface area contributed by atoms with E-state index in [9.17, 15) is 0 Å². The first kappa shape index (κ1) is 10.7. The molecule has 1 fully saturated rings. The summed E-state index contributed by atoms with van der Waals surface area (Å²) in [6.07, 6.45) is 1.14. The van der Waals surface area contributed by atoms with Crippen molar-refractivity contribution in [3.63, 3.8) is 0 Å². The van der Waals surface area contributed by atoms with Crippen LogP contribution < -0.4 is 5.73 Å². The van der Waals surface area contributed by atoms with E-state index < -0.39 is 0 Å². The monoisotopic (exact) mass is 293 g/mol. The summed E-state index contributed by atoms with van der Waals surface area (Å²) >= 11 is 3.43. The van der Waals surface area contributed by atoms with Crippen LogP contribution in [0.3, 0.4) is 0 Å². The van der Waals surface area contributed by atoms with Gasteiger partial charge in [-0.25, -0.2) is 4.68 Å². The summed E-state index contributed by atoms with van der Waals surface area (Å²) < 4.78 is 2.83. The lowest BCUT2D eigenvalue weighted by molar-refractivity contribution is 0.584. The number of nitrogens with zero attached hydrogens (tertiary/aromatic N) is 4. The number of benzene rings is 1. The molecule has 6 heteroatoms. The van der Waals surface area contributed by atoms with Gasteiger partial charge in [-0.15, -0.1) is 5.10 Å². The van der Waals surface area contributed by atoms with Gasteiger partial charge in [0.15, 0.2) is 5.82 Å². The minimum absolute atomic E-state index is 0.431. The van der Waals surface area contributed by atoms with E-state index in [2.05, 4.69) is 38.4 Å². The van der Waals surface area contributed by atoms with Gasteiger partial charge >= 0.3 is 0 Å². The van der Waals surface area contributed by atoms with Crippen molar-refractivity contribution in [2.75, 3.05) is 5.73 Å². The quantitative estimate of drug-likeness (QED) is 0.863. The Morgan fingerprint density at radius 3 is 2.82 bits per heavy atom. The summed E-state index contributed by atoms with van der Waals surface area (Å²) in [5.41, 5.74) is 7.47. The number of nitrogens with two attached hydrogens (primary N) is 1. The molecule has 0 aliphatic heterocycles. The fourth-order valence-electron chi connectivity index (χ4n) is 1.99. The van der Waals surface area contributed by atoms with E-state index in [1.807, 2.05) is 22.9 Å². The number of anilines is 1. The molecule has 2 N–H and O–H groups in total. The molecule has 0 amide bonds. The van der Waals surface area contributed by atoms with Crippen molar-refractivity contribution in [1.29, 1.82) is 0 Å². The third-order valence-corrected chi connectivity index (χ3v) is 3.51. The third kappa shape index (κ3) is 1.93. The molecule has 17 heavy (non-hydrogen) atoms. The minimum Gasteiger partial charge on any atom is -0.399 e. The van der Waals surface area contributed by atoms with Crippen LogP contribution in [0.4, 0.5) is 5.69 Å². The van der Waals surface area contributed by atoms with Crippen LogP contribution in [0.25, 0.3) is 11.4 Å². The molecule has 1 heterocycles. The first-order chi connectivity index (χ1) is 8.15. The Morgan fingerprint density at radius 1 is 1.41 bits per heavy atom. The lowest BCUT2D eigenvalue weighted by atomic mass is 10.2. The molecule has 2 unspecified atom stereocenters. The van der Waals surface area contributed by atoms with Crippen LogP contribution in [0.15, 0.2) is 22.7 Å². The highest BCUT2D eigenvalue weighted by Gasteiger charge is 2.37. The van der Waals surface area contributed by atoms with E-state index in [1.165, 1.54) is 0 Å². The molecular formula is C11H12BrN5. The Hall–Kier alpha value is -1.43. The van der Waals surface area contributed by atoms with Gasteiger partial charge < -0.3 is 5.73 Å². The topological polar surface area (TPSA) is 69.6 Å². The maximum atomic E-state index is 5.83. The number of hydrogen-bond acceptors (Lipinski definition) is 4. The van der Waals surface area contributed by atoms with Crippen LogP contribution in [-0.4, -0.2) is 20.2 Å². The molecule has 1 aliphatic rings. The van der Waals surface area contributed by atoms with E-state index >= 15 is 0 Å². The Bertz CT molecular complexity index is 544. The zero-order valence-electron chi connectivity index (χ0n) is 9.34. The van der Waals surface area contributed by atoms with Crippen LogP contribution in [0, 0.1) is 5.92 Å². The Balaban J connectivity index is 2.06. The first-order valence-corrected chi connectivity index (χ1v) is 6.29. The van der Waals surface area contributed by atoms with Crippen LogP contribution >= 0.6 is 15.9 Å². The van der Waals surface area contributed by atoms with Gasteiger partial charge in [-0.3, -0.25) is 0 Å². The fraction of sp³-hybridized carbons (Fsp3) is 0.364. The molecule has 0 saturated heterocycles. The zero-order chi connectivity index (χ0) is 12.0. The molecular weight excluding hydrogens is 282 g/mol. The van der Waals surface area contributed by atoms with Gasteiger partial charge in [0.2, 0.25) is 0 Å². The molecule has 5 nitrogen and oxygen atoms in total. The number of aromatic nitrogens is 4. The van der Waals surface area contributed by atoms with Gasteiger partial charge in [0.25, 0.3) is 0 Å². The van der Waals surface area contributed by atoms with Crippen LogP contribution in [0.2, 0.25) is 0 Å². The average molecular weight is 294 g/mol. The molecule has 1 aliphatic carbocycles. The summed E-state index contributed by atoms with van der Waals surface area (Å²) in [6.45, 7) is 2.20. The van der Waals surface area contributed by atoms with Gasteiger partial charge in [0, 0.05) is 15.7 Å². The summed E-state index contributed by atoms with van der Waals surface area (Å²) in [7, 11) is 0. The lowest BCUT2D eigenvalue weighted by Gasteiger charge is -2.05. The Kier molecular flexibility index (Phi) is 2.39. The van der Waals surface area contributed by atoms with Gasteiger partial charge in [-0.05, 0) is 41.0 Å². The van der Waals surface area contributed by atoms with Crippen molar-refractivity contribution >= 4 is 21.6 Å². The Labute approximate surface area is 107 Å². The highest BCUT2D eigenvalue weighted by Crippen LogP contribution is 2.43. The van der Waals surface area contributed by atoms with Crippen molar-refractivity contribution < 1.29 is 0 Å². The molecule has 2 atom stereocenters. The SMILES string of the molecule is CC1CC1n1nnnc1-c1cc(N)cc(Br)c1. The molecule has 3 rings (SSSR count). The number of halogens is 1. The summed E-state index contributed by atoms with van der Waals surface area (Å²) in [6, 6.07) is 6.16. The lowest BCUT2D eigenvalue weighted by Crippen LogP contribution is -2.01. The highest BCUT2D eigenvalue weighted by atomic mass is 79.9. The zero-order valence-corrected chi connectivity index (χ0v) is 10.9. The highest BCUT2D eigenvalue weighted by molar-refractivity contribution is 9.10. The number of rotatable bonds is 2. The standard InChI is InChI=1S/C11H12BrN5/c1-6-2-10(6)17-11(14-15-16-17)7-3-8(12)5-9(13)4-7/h3-6,10H,2,13H2,1H3. The third-order valence-electron chi connectivity index (χ3n) is 3.05. The molecule has 0 spiro atoms. The van der Waals surface area contributed by atoms with Gasteiger partial charge in [-0.2, -0.15) is 0 Å². The number of tetrazole rings is 1. The normalized spacial score (nSPS) is 22.7. The van der Waals surface area contributed by atoms with E-state index in [4.69, 9.17) is 5.73 Å². The number of hydrogen-bond donors (Lipinski definition) is 1. The first-order valence-electron chi connectivity index (χ1n) is 5.49. The number of nitrogen functional groups attached to an aromatic ring is 1. The van der Waals surface area contributed by atoms with Crippen LogP contribution in [0.1, 0.15) is 19.4 Å². The van der Waals surface area contributed by atoms with Crippen molar-refractivity contribution in [3.05, 3.63) is 22.7 Å². The maximum Gasteiger partial charge on any atom is 0.182 e. The molecule has 0 bridgehead atoms. The van der Waals surface area contributed by atoms with Crippen molar-refractivity contribution in [1.82, 2.24) is 20.2 Å². The van der Waals surface area contributed by atoms with Crippen molar-refractivity contribution in [2.45, 2.75) is 19.4 Å². The predicted octanol–water partition coefficient (Wildman–Crippen LogP) is 2.27.